The summed E-state index contributed by atoms with van der Waals surface area (Å²) in [5.41, 5.74) is 2.39. The molecule has 2 N–H and O–H groups in total. The van der Waals surface area contributed by atoms with Crippen LogP contribution in [0.5, 0.6) is 5.75 Å². The molecule has 0 heterocycles. The summed E-state index contributed by atoms with van der Waals surface area (Å²) in [5, 5.41) is 5.94. The number of anilines is 1. The largest absolute Gasteiger partial charge is 0.491 e. The van der Waals surface area contributed by atoms with E-state index in [0.29, 0.717) is 23.8 Å². The van der Waals surface area contributed by atoms with Gasteiger partial charge in [-0.25, -0.2) is 0 Å². The predicted molar refractivity (Wildman–Crippen MR) is 102 cm³/mol. The summed E-state index contributed by atoms with van der Waals surface area (Å²) < 4.78 is 5.77. The number of aryl methyl sites for hydroxylation is 1. The summed E-state index contributed by atoms with van der Waals surface area (Å²) in [6, 6.07) is 14.8. The Morgan fingerprint density at radius 3 is 2.46 bits per heavy atom. The second-order valence-electron chi connectivity index (χ2n) is 5.98. The van der Waals surface area contributed by atoms with Gasteiger partial charge in [-0.1, -0.05) is 43.7 Å². The Morgan fingerprint density at radius 2 is 1.79 bits per heavy atom. The van der Waals surface area contributed by atoms with Crippen molar-refractivity contribution in [2.45, 2.75) is 20.8 Å². The average molecular weight is 342 g/mol. The molecule has 0 saturated carbocycles. The number of hydrogen-bond donors (Lipinski definition) is 2. The van der Waals surface area contributed by atoms with Gasteiger partial charge in [0.15, 0.2) is 5.11 Å². The van der Waals surface area contributed by atoms with Crippen LogP contribution in [0.25, 0.3) is 0 Å². The summed E-state index contributed by atoms with van der Waals surface area (Å²) >= 11 is 5.23. The molecular formula is C19H22N2O2S. The highest BCUT2D eigenvalue weighted by Gasteiger charge is 2.10. The highest BCUT2D eigenvalue weighted by molar-refractivity contribution is 7.80. The van der Waals surface area contributed by atoms with Crippen molar-refractivity contribution in [1.82, 2.24) is 5.32 Å². The van der Waals surface area contributed by atoms with Crippen molar-refractivity contribution in [2.24, 2.45) is 5.92 Å². The standard InChI is InChI=1S/C19H22N2O2S/c1-13(2)12-23-17-7-5-4-6-16(17)20-19(24)21-18(22)15-10-8-14(3)9-11-15/h4-11,13H,12H2,1-3H3,(H2,20,21,22,24). The third-order valence-corrected chi connectivity index (χ3v) is 3.45. The second-order valence-corrected chi connectivity index (χ2v) is 6.38. The van der Waals surface area contributed by atoms with E-state index in [1.54, 1.807) is 12.1 Å². The van der Waals surface area contributed by atoms with Gasteiger partial charge in [0.25, 0.3) is 5.91 Å². The normalized spacial score (nSPS) is 10.3. The lowest BCUT2D eigenvalue weighted by atomic mass is 10.1. The zero-order valence-corrected chi connectivity index (χ0v) is 14.9. The lowest BCUT2D eigenvalue weighted by Crippen LogP contribution is -2.34. The molecule has 0 aliphatic heterocycles. The molecule has 2 aromatic rings. The van der Waals surface area contributed by atoms with E-state index in [0.717, 1.165) is 11.3 Å². The molecule has 4 nitrogen and oxygen atoms in total. The van der Waals surface area contributed by atoms with Gasteiger partial charge in [0.2, 0.25) is 0 Å². The molecule has 0 aliphatic carbocycles. The first-order chi connectivity index (χ1) is 11.5. The lowest BCUT2D eigenvalue weighted by Gasteiger charge is -2.15. The first-order valence-electron chi connectivity index (χ1n) is 7.86. The van der Waals surface area contributed by atoms with Crippen molar-refractivity contribution < 1.29 is 9.53 Å². The Bertz CT molecular complexity index is 712. The zero-order chi connectivity index (χ0) is 17.5. The molecule has 2 aromatic carbocycles. The number of rotatable bonds is 5. The van der Waals surface area contributed by atoms with Crippen LogP contribution in [0, 0.1) is 12.8 Å². The third-order valence-electron chi connectivity index (χ3n) is 3.25. The van der Waals surface area contributed by atoms with Crippen LogP contribution >= 0.6 is 12.2 Å². The van der Waals surface area contributed by atoms with Crippen molar-refractivity contribution in [3.05, 3.63) is 59.7 Å². The van der Waals surface area contributed by atoms with E-state index in [1.165, 1.54) is 0 Å². The zero-order valence-electron chi connectivity index (χ0n) is 14.1. The molecule has 1 amide bonds. The molecule has 5 heteroatoms. The van der Waals surface area contributed by atoms with Gasteiger partial charge in [-0.2, -0.15) is 0 Å². The quantitative estimate of drug-likeness (QED) is 0.801. The lowest BCUT2D eigenvalue weighted by molar-refractivity contribution is 0.0977. The van der Waals surface area contributed by atoms with E-state index in [1.807, 2.05) is 43.3 Å². The molecule has 0 fully saturated rings. The number of carbonyl (C=O) groups is 1. The van der Waals surface area contributed by atoms with Crippen LogP contribution in [0.2, 0.25) is 0 Å². The van der Waals surface area contributed by atoms with Crippen molar-refractivity contribution in [2.75, 3.05) is 11.9 Å². The molecule has 0 aliphatic rings. The van der Waals surface area contributed by atoms with E-state index in [-0.39, 0.29) is 11.0 Å². The summed E-state index contributed by atoms with van der Waals surface area (Å²) in [4.78, 5) is 12.2. The first-order valence-corrected chi connectivity index (χ1v) is 8.27. The van der Waals surface area contributed by atoms with Gasteiger partial charge in [-0.15, -0.1) is 0 Å². The maximum absolute atomic E-state index is 12.2. The van der Waals surface area contributed by atoms with Gasteiger partial charge in [0, 0.05) is 5.56 Å². The van der Waals surface area contributed by atoms with Crippen molar-refractivity contribution in [1.29, 1.82) is 0 Å². The van der Waals surface area contributed by atoms with Crippen LogP contribution in [0.1, 0.15) is 29.8 Å². The fourth-order valence-corrected chi connectivity index (χ4v) is 2.19. The summed E-state index contributed by atoms with van der Waals surface area (Å²) in [7, 11) is 0. The maximum Gasteiger partial charge on any atom is 0.257 e. The fraction of sp³-hybridized carbons (Fsp3) is 0.263. The molecule has 0 saturated heterocycles. The Labute approximate surface area is 148 Å². The van der Waals surface area contributed by atoms with Gasteiger partial charge in [-0.3, -0.25) is 10.1 Å². The Morgan fingerprint density at radius 1 is 1.12 bits per heavy atom. The average Bonchev–Trinajstić information content (AvgIpc) is 2.54. The van der Waals surface area contributed by atoms with E-state index in [2.05, 4.69) is 24.5 Å². The summed E-state index contributed by atoms with van der Waals surface area (Å²) in [6.45, 7) is 6.76. The number of amides is 1. The molecule has 0 spiro atoms. The molecule has 0 aromatic heterocycles. The van der Waals surface area contributed by atoms with Gasteiger partial charge >= 0.3 is 0 Å². The number of thiocarbonyl (C=S) groups is 1. The number of hydrogen-bond acceptors (Lipinski definition) is 3. The van der Waals surface area contributed by atoms with E-state index in [9.17, 15) is 4.79 Å². The molecule has 0 atom stereocenters. The minimum absolute atomic E-state index is 0.237. The fourth-order valence-electron chi connectivity index (χ4n) is 1.99. The second kappa shape index (κ2) is 8.45. The van der Waals surface area contributed by atoms with E-state index < -0.39 is 0 Å². The third kappa shape index (κ3) is 5.35. The topological polar surface area (TPSA) is 50.4 Å². The van der Waals surface area contributed by atoms with E-state index in [4.69, 9.17) is 17.0 Å². The molecule has 24 heavy (non-hydrogen) atoms. The summed E-state index contributed by atoms with van der Waals surface area (Å²) in [6.07, 6.45) is 0. The number of para-hydroxylation sites is 2. The number of benzene rings is 2. The van der Waals surface area contributed by atoms with Crippen LogP contribution < -0.4 is 15.4 Å². The SMILES string of the molecule is Cc1ccc(C(=O)NC(=S)Nc2ccccc2OCC(C)C)cc1. The van der Waals surface area contributed by atoms with Crippen LogP contribution in [-0.2, 0) is 0 Å². The van der Waals surface area contributed by atoms with Gasteiger partial charge in [-0.05, 0) is 49.3 Å². The minimum Gasteiger partial charge on any atom is -0.491 e. The molecule has 126 valence electrons. The van der Waals surface area contributed by atoms with Gasteiger partial charge < -0.3 is 10.1 Å². The van der Waals surface area contributed by atoms with Gasteiger partial charge in [0.1, 0.15) is 5.75 Å². The van der Waals surface area contributed by atoms with Crippen LogP contribution in [0.15, 0.2) is 48.5 Å². The van der Waals surface area contributed by atoms with Crippen LogP contribution in [0.4, 0.5) is 5.69 Å². The van der Waals surface area contributed by atoms with Crippen molar-refractivity contribution in [3.8, 4) is 5.75 Å². The van der Waals surface area contributed by atoms with Crippen LogP contribution in [-0.4, -0.2) is 17.6 Å². The van der Waals surface area contributed by atoms with Crippen LogP contribution in [0.3, 0.4) is 0 Å². The maximum atomic E-state index is 12.2. The highest BCUT2D eigenvalue weighted by atomic mass is 32.1. The predicted octanol–water partition coefficient (Wildman–Crippen LogP) is 4.16. The minimum atomic E-state index is -0.243. The highest BCUT2D eigenvalue weighted by Crippen LogP contribution is 2.24. The molecule has 0 unspecified atom stereocenters. The number of nitrogens with one attached hydrogen (secondary N) is 2. The monoisotopic (exact) mass is 342 g/mol. The number of carbonyl (C=O) groups excluding carboxylic acids is 1. The van der Waals surface area contributed by atoms with E-state index >= 15 is 0 Å². The number of ether oxygens (including phenoxy) is 1. The Balaban J connectivity index is 1.99. The molecular weight excluding hydrogens is 320 g/mol. The molecule has 0 bridgehead atoms. The summed E-state index contributed by atoms with van der Waals surface area (Å²) in [5.74, 6) is 0.887. The van der Waals surface area contributed by atoms with Crippen molar-refractivity contribution in [3.63, 3.8) is 0 Å². The Kier molecular flexibility index (Phi) is 6.32. The first kappa shape index (κ1) is 17.9. The Hall–Kier alpha value is -2.40. The van der Waals surface area contributed by atoms with Gasteiger partial charge in [0.05, 0.1) is 12.3 Å². The molecule has 0 radical (unpaired) electrons. The van der Waals surface area contributed by atoms with Crippen molar-refractivity contribution >= 4 is 28.9 Å². The smallest absolute Gasteiger partial charge is 0.257 e. The molecule has 2 rings (SSSR count).